The van der Waals surface area contributed by atoms with Crippen molar-refractivity contribution >= 4 is 27.6 Å². The van der Waals surface area contributed by atoms with Gasteiger partial charge in [-0.3, -0.25) is 4.79 Å². The van der Waals surface area contributed by atoms with E-state index in [1.807, 2.05) is 0 Å². The third-order valence-electron chi connectivity index (χ3n) is 3.30. The van der Waals surface area contributed by atoms with Crippen molar-refractivity contribution < 1.29 is 31.5 Å². The van der Waals surface area contributed by atoms with Gasteiger partial charge in [0.15, 0.2) is 6.61 Å². The zero-order valence-electron chi connectivity index (χ0n) is 14.4. The smallest absolute Gasteiger partial charge is 0.338 e. The van der Waals surface area contributed by atoms with Gasteiger partial charge in [0.25, 0.3) is 5.91 Å². The van der Waals surface area contributed by atoms with Crippen LogP contribution in [-0.2, 0) is 19.6 Å². The number of amides is 1. The van der Waals surface area contributed by atoms with Crippen LogP contribution >= 0.6 is 0 Å². The van der Waals surface area contributed by atoms with E-state index < -0.39 is 40.1 Å². The molecule has 2 N–H and O–H groups in total. The van der Waals surface area contributed by atoms with Crippen molar-refractivity contribution in [2.45, 2.75) is 4.90 Å². The van der Waals surface area contributed by atoms with Gasteiger partial charge >= 0.3 is 5.97 Å². The number of rotatable bonds is 8. The molecule has 0 aliphatic carbocycles. The summed E-state index contributed by atoms with van der Waals surface area (Å²) in [7, 11) is -3.73. The maximum atomic E-state index is 13.1. The van der Waals surface area contributed by atoms with Crippen molar-refractivity contribution in [2.75, 3.05) is 18.5 Å². The fraction of sp³-hybridized carbons (Fsp3) is 0.111. The fourth-order valence-corrected chi connectivity index (χ4v) is 3.06. The maximum absolute atomic E-state index is 13.1. The first-order valence-electron chi connectivity index (χ1n) is 7.85. The second kappa shape index (κ2) is 9.20. The second-order valence-electron chi connectivity index (χ2n) is 5.45. The van der Waals surface area contributed by atoms with Crippen LogP contribution in [0.4, 0.5) is 14.5 Å². The monoisotopic (exact) mass is 410 g/mol. The zero-order chi connectivity index (χ0) is 20.7. The Bertz CT molecular complexity index is 971. The highest BCUT2D eigenvalue weighted by molar-refractivity contribution is 7.89. The Kier molecular flexibility index (Phi) is 6.96. The lowest BCUT2D eigenvalue weighted by Gasteiger charge is -2.08. The second-order valence-corrected chi connectivity index (χ2v) is 7.21. The molecule has 0 aliphatic heterocycles. The summed E-state index contributed by atoms with van der Waals surface area (Å²) in [4.78, 5) is 23.6. The molecule has 2 aromatic carbocycles. The molecular formula is C18H16F2N2O5S. The minimum absolute atomic E-state index is 0.0206. The average molecular weight is 410 g/mol. The number of carbonyl (C=O) groups is 2. The molecule has 0 heterocycles. The summed E-state index contributed by atoms with van der Waals surface area (Å²) in [5, 5.41) is 2.19. The third kappa shape index (κ3) is 5.96. The van der Waals surface area contributed by atoms with Crippen molar-refractivity contribution in [3.05, 3.63) is 72.3 Å². The lowest BCUT2D eigenvalue weighted by molar-refractivity contribution is -0.119. The number of anilines is 1. The molecule has 28 heavy (non-hydrogen) atoms. The number of carbonyl (C=O) groups excluding carboxylic acids is 2. The number of hydrogen-bond acceptors (Lipinski definition) is 5. The number of ether oxygens (including phenoxy) is 1. The van der Waals surface area contributed by atoms with E-state index >= 15 is 0 Å². The van der Waals surface area contributed by atoms with Gasteiger partial charge in [-0.2, -0.15) is 0 Å². The van der Waals surface area contributed by atoms with E-state index in [-0.39, 0.29) is 22.7 Å². The van der Waals surface area contributed by atoms with E-state index in [2.05, 4.69) is 16.6 Å². The van der Waals surface area contributed by atoms with Crippen LogP contribution in [0, 0.1) is 11.6 Å². The van der Waals surface area contributed by atoms with Gasteiger partial charge in [0.1, 0.15) is 11.6 Å². The summed E-state index contributed by atoms with van der Waals surface area (Å²) in [6, 6.07) is 7.32. The zero-order valence-corrected chi connectivity index (χ0v) is 15.3. The number of esters is 1. The molecule has 0 atom stereocenters. The summed E-state index contributed by atoms with van der Waals surface area (Å²) in [6.07, 6.45) is 1.38. The Morgan fingerprint density at radius 1 is 1.07 bits per heavy atom. The minimum Gasteiger partial charge on any atom is -0.452 e. The molecule has 0 aromatic heterocycles. The largest absolute Gasteiger partial charge is 0.452 e. The van der Waals surface area contributed by atoms with Gasteiger partial charge in [-0.05, 0) is 36.4 Å². The first-order valence-corrected chi connectivity index (χ1v) is 9.33. The number of benzene rings is 2. The molecule has 0 spiro atoms. The number of sulfonamides is 1. The lowest BCUT2D eigenvalue weighted by Crippen LogP contribution is -2.23. The molecule has 0 saturated heterocycles. The molecule has 0 aliphatic rings. The Morgan fingerprint density at radius 3 is 2.25 bits per heavy atom. The van der Waals surface area contributed by atoms with Gasteiger partial charge in [0, 0.05) is 18.3 Å². The van der Waals surface area contributed by atoms with Crippen molar-refractivity contribution in [3.63, 3.8) is 0 Å². The summed E-state index contributed by atoms with van der Waals surface area (Å²) in [6.45, 7) is 2.76. The van der Waals surface area contributed by atoms with Gasteiger partial charge in [-0.25, -0.2) is 26.7 Å². The van der Waals surface area contributed by atoms with Crippen LogP contribution in [0.15, 0.2) is 60.0 Å². The first-order chi connectivity index (χ1) is 13.2. The topological polar surface area (TPSA) is 102 Å². The molecule has 0 saturated carbocycles. The molecule has 10 heteroatoms. The van der Waals surface area contributed by atoms with Crippen LogP contribution < -0.4 is 10.0 Å². The van der Waals surface area contributed by atoms with Gasteiger partial charge in [-0.15, -0.1) is 6.58 Å². The van der Waals surface area contributed by atoms with E-state index in [1.54, 1.807) is 0 Å². The summed E-state index contributed by atoms with van der Waals surface area (Å²) in [5.74, 6) is -3.41. The fourth-order valence-electron chi connectivity index (χ4n) is 2.06. The van der Waals surface area contributed by atoms with Crippen LogP contribution in [0.3, 0.4) is 0 Å². The van der Waals surface area contributed by atoms with E-state index in [0.29, 0.717) is 6.07 Å². The van der Waals surface area contributed by atoms with Crippen LogP contribution in [0.1, 0.15) is 10.4 Å². The lowest BCUT2D eigenvalue weighted by atomic mass is 10.2. The minimum atomic E-state index is -3.73. The molecular weight excluding hydrogens is 394 g/mol. The highest BCUT2D eigenvalue weighted by Gasteiger charge is 2.15. The Labute approximate surface area is 160 Å². The van der Waals surface area contributed by atoms with E-state index in [0.717, 1.165) is 12.1 Å². The van der Waals surface area contributed by atoms with Gasteiger partial charge in [0.05, 0.1) is 10.5 Å². The highest BCUT2D eigenvalue weighted by atomic mass is 32.2. The first kappa shape index (κ1) is 21.2. The number of nitrogens with one attached hydrogen (secondary N) is 2. The standard InChI is InChI=1S/C18H16F2N2O5S/c1-2-7-21-28(25,26)16-5-3-12(4-6-16)18(24)27-11-17(23)22-15-9-13(19)8-14(20)10-15/h2-6,8-10,21H,1,7,11H2,(H,22,23). The Hall–Kier alpha value is -3.11. The van der Waals surface area contributed by atoms with Crippen molar-refractivity contribution in [1.29, 1.82) is 0 Å². The Morgan fingerprint density at radius 2 is 1.68 bits per heavy atom. The molecule has 1 amide bonds. The normalized spacial score (nSPS) is 10.9. The molecule has 2 rings (SSSR count). The van der Waals surface area contributed by atoms with Crippen molar-refractivity contribution in [1.82, 2.24) is 4.72 Å². The average Bonchev–Trinajstić information content (AvgIpc) is 2.63. The molecule has 7 nitrogen and oxygen atoms in total. The molecule has 0 fully saturated rings. The predicted octanol–water partition coefficient (Wildman–Crippen LogP) is 2.22. The molecule has 0 unspecified atom stereocenters. The predicted molar refractivity (Wildman–Crippen MR) is 97.1 cm³/mol. The van der Waals surface area contributed by atoms with Crippen LogP contribution in [-0.4, -0.2) is 33.4 Å². The van der Waals surface area contributed by atoms with Crippen LogP contribution in [0.25, 0.3) is 0 Å². The molecule has 0 bridgehead atoms. The summed E-state index contributed by atoms with van der Waals surface area (Å²) in [5.41, 5.74) is -0.104. The van der Waals surface area contributed by atoms with Crippen LogP contribution in [0.5, 0.6) is 0 Å². The summed E-state index contributed by atoms with van der Waals surface area (Å²) >= 11 is 0. The van der Waals surface area contributed by atoms with E-state index in [9.17, 15) is 26.8 Å². The highest BCUT2D eigenvalue weighted by Crippen LogP contribution is 2.13. The molecule has 148 valence electrons. The third-order valence-corrected chi connectivity index (χ3v) is 4.74. The van der Waals surface area contributed by atoms with E-state index in [4.69, 9.17) is 4.74 Å². The van der Waals surface area contributed by atoms with Crippen LogP contribution in [0.2, 0.25) is 0 Å². The SMILES string of the molecule is C=CCNS(=O)(=O)c1ccc(C(=O)OCC(=O)Nc2cc(F)cc(F)c2)cc1. The van der Waals surface area contributed by atoms with Gasteiger partial charge < -0.3 is 10.1 Å². The van der Waals surface area contributed by atoms with Gasteiger partial charge in [0.2, 0.25) is 10.0 Å². The quantitative estimate of drug-likeness (QED) is 0.513. The number of halogens is 2. The van der Waals surface area contributed by atoms with Crippen molar-refractivity contribution in [2.24, 2.45) is 0 Å². The molecule has 2 aromatic rings. The maximum Gasteiger partial charge on any atom is 0.338 e. The number of hydrogen-bond donors (Lipinski definition) is 2. The van der Waals surface area contributed by atoms with E-state index in [1.165, 1.54) is 30.3 Å². The molecule has 0 radical (unpaired) electrons. The van der Waals surface area contributed by atoms with Crippen molar-refractivity contribution in [3.8, 4) is 0 Å². The summed E-state index contributed by atoms with van der Waals surface area (Å²) < 4.78 is 57.1. The van der Waals surface area contributed by atoms with Gasteiger partial charge in [-0.1, -0.05) is 6.08 Å². The Balaban J connectivity index is 1.93.